The van der Waals surface area contributed by atoms with Crippen molar-refractivity contribution in [1.29, 1.82) is 5.26 Å². The molecule has 0 saturated heterocycles. The van der Waals surface area contributed by atoms with Crippen LogP contribution < -0.4 is 9.57 Å². The summed E-state index contributed by atoms with van der Waals surface area (Å²) >= 11 is 0. The van der Waals surface area contributed by atoms with Gasteiger partial charge in [0.25, 0.3) is 10.0 Å². The molecule has 0 aliphatic rings. The quantitative estimate of drug-likeness (QED) is 0.335. The van der Waals surface area contributed by atoms with Crippen molar-refractivity contribution in [2.45, 2.75) is 11.5 Å². The van der Waals surface area contributed by atoms with E-state index in [2.05, 4.69) is 16.0 Å². The molecule has 158 valence electrons. The van der Waals surface area contributed by atoms with Gasteiger partial charge in [-0.1, -0.05) is 54.6 Å². The van der Waals surface area contributed by atoms with Crippen molar-refractivity contribution in [3.05, 3.63) is 108 Å². The maximum atomic E-state index is 12.5. The highest BCUT2D eigenvalue weighted by Gasteiger charge is 2.13. The third-order valence-corrected chi connectivity index (χ3v) is 6.01. The first-order chi connectivity index (χ1) is 15.5. The zero-order valence-corrected chi connectivity index (χ0v) is 17.8. The second-order valence-corrected chi connectivity index (χ2v) is 8.69. The molecular formula is C25H19N3O3S. The van der Waals surface area contributed by atoms with Crippen LogP contribution in [0.5, 0.6) is 5.75 Å². The molecule has 0 amide bonds. The van der Waals surface area contributed by atoms with Crippen LogP contribution >= 0.6 is 0 Å². The van der Waals surface area contributed by atoms with E-state index < -0.39 is 10.0 Å². The van der Waals surface area contributed by atoms with Crippen LogP contribution in [0.3, 0.4) is 0 Å². The van der Waals surface area contributed by atoms with Gasteiger partial charge in [-0.25, -0.2) is 4.83 Å². The van der Waals surface area contributed by atoms with E-state index >= 15 is 0 Å². The third kappa shape index (κ3) is 5.12. The van der Waals surface area contributed by atoms with E-state index in [1.165, 1.54) is 6.21 Å². The standard InChI is InChI=1S/C25H19N3O3S/c26-16-19-9-12-24(13-10-19)31-18-21-7-5-20(6-8-21)17-27-28-32(29,30)25-14-11-22-3-1-2-4-23(22)15-25/h1-15,17,28H,18H2/b27-17-. The maximum absolute atomic E-state index is 12.5. The zero-order valence-electron chi connectivity index (χ0n) is 17.0. The minimum Gasteiger partial charge on any atom is -0.489 e. The summed E-state index contributed by atoms with van der Waals surface area (Å²) in [6.07, 6.45) is 1.45. The number of nitrogens with zero attached hydrogens (tertiary/aromatic N) is 2. The molecule has 0 unspecified atom stereocenters. The highest BCUT2D eigenvalue weighted by Crippen LogP contribution is 2.19. The van der Waals surface area contributed by atoms with Crippen LogP contribution in [0.25, 0.3) is 10.8 Å². The van der Waals surface area contributed by atoms with E-state index in [9.17, 15) is 8.42 Å². The number of fused-ring (bicyclic) bond motifs is 1. The van der Waals surface area contributed by atoms with Crippen molar-refractivity contribution in [2.75, 3.05) is 0 Å². The van der Waals surface area contributed by atoms with Crippen LogP contribution in [0.1, 0.15) is 16.7 Å². The Hall–Kier alpha value is -4.15. The van der Waals surface area contributed by atoms with E-state index in [0.29, 0.717) is 17.9 Å². The smallest absolute Gasteiger partial charge is 0.276 e. The Bertz CT molecular complexity index is 1410. The van der Waals surface area contributed by atoms with Crippen molar-refractivity contribution in [1.82, 2.24) is 4.83 Å². The molecule has 0 aliphatic heterocycles. The molecule has 0 radical (unpaired) electrons. The monoisotopic (exact) mass is 441 g/mol. The lowest BCUT2D eigenvalue weighted by atomic mass is 10.1. The van der Waals surface area contributed by atoms with Crippen molar-refractivity contribution in [2.24, 2.45) is 5.10 Å². The van der Waals surface area contributed by atoms with E-state index in [1.807, 2.05) is 48.5 Å². The molecule has 4 aromatic rings. The number of ether oxygens (including phenoxy) is 1. The molecule has 7 heteroatoms. The molecule has 0 aromatic heterocycles. The normalized spacial score (nSPS) is 11.3. The average Bonchev–Trinajstić information content (AvgIpc) is 2.83. The molecule has 0 bridgehead atoms. The van der Waals surface area contributed by atoms with Crippen LogP contribution in [-0.2, 0) is 16.6 Å². The lowest BCUT2D eigenvalue weighted by Crippen LogP contribution is -2.18. The first-order valence-corrected chi connectivity index (χ1v) is 11.3. The summed E-state index contributed by atoms with van der Waals surface area (Å²) in [6.45, 7) is 0.373. The average molecular weight is 442 g/mol. The van der Waals surface area contributed by atoms with Gasteiger partial charge < -0.3 is 4.74 Å². The molecule has 0 atom stereocenters. The molecule has 0 aliphatic carbocycles. The molecule has 0 fully saturated rings. The predicted molar refractivity (Wildman–Crippen MR) is 124 cm³/mol. The minimum absolute atomic E-state index is 0.156. The minimum atomic E-state index is -3.76. The summed E-state index contributed by atoms with van der Waals surface area (Å²) in [6, 6.07) is 28.9. The molecule has 0 saturated carbocycles. The van der Waals surface area contributed by atoms with Crippen LogP contribution in [0, 0.1) is 11.3 Å². The summed E-state index contributed by atoms with van der Waals surface area (Å²) in [5.41, 5.74) is 2.27. The molecule has 32 heavy (non-hydrogen) atoms. The topological polar surface area (TPSA) is 91.5 Å². The molecule has 0 spiro atoms. The number of hydrogen-bond acceptors (Lipinski definition) is 5. The van der Waals surface area contributed by atoms with Crippen molar-refractivity contribution < 1.29 is 13.2 Å². The lowest BCUT2D eigenvalue weighted by molar-refractivity contribution is 0.306. The number of rotatable bonds is 7. The molecule has 6 nitrogen and oxygen atoms in total. The number of nitriles is 1. The molecule has 4 rings (SSSR count). The van der Waals surface area contributed by atoms with Crippen molar-refractivity contribution >= 4 is 27.0 Å². The molecule has 1 N–H and O–H groups in total. The summed E-state index contributed by atoms with van der Waals surface area (Å²) in [7, 11) is -3.76. The Morgan fingerprint density at radius 2 is 1.62 bits per heavy atom. The van der Waals surface area contributed by atoms with Gasteiger partial charge in [-0.05, 0) is 58.3 Å². The van der Waals surface area contributed by atoms with Gasteiger partial charge in [0, 0.05) is 0 Å². The Morgan fingerprint density at radius 1 is 0.906 bits per heavy atom. The van der Waals surface area contributed by atoms with Gasteiger partial charge in [-0.2, -0.15) is 18.8 Å². The van der Waals surface area contributed by atoms with E-state index in [4.69, 9.17) is 10.00 Å². The predicted octanol–water partition coefficient (Wildman–Crippen LogP) is 4.60. The van der Waals surface area contributed by atoms with Gasteiger partial charge in [-0.15, -0.1) is 0 Å². The highest BCUT2D eigenvalue weighted by molar-refractivity contribution is 7.89. The van der Waals surface area contributed by atoms with E-state index in [0.717, 1.165) is 21.9 Å². The van der Waals surface area contributed by atoms with Crippen LogP contribution in [0.4, 0.5) is 0 Å². The number of hydrazone groups is 1. The first-order valence-electron chi connectivity index (χ1n) is 9.79. The van der Waals surface area contributed by atoms with Crippen LogP contribution in [0.15, 0.2) is 101 Å². The summed E-state index contributed by atoms with van der Waals surface area (Å²) in [5, 5.41) is 14.5. The SMILES string of the molecule is N#Cc1ccc(OCc2ccc(/C=N\NS(=O)(=O)c3ccc4ccccc4c3)cc2)cc1. The van der Waals surface area contributed by atoms with Crippen molar-refractivity contribution in [3.8, 4) is 11.8 Å². The molecule has 0 heterocycles. The molecule has 4 aromatic carbocycles. The number of hydrogen-bond donors (Lipinski definition) is 1. The van der Waals surface area contributed by atoms with Gasteiger partial charge in [0.05, 0.1) is 22.7 Å². The lowest BCUT2D eigenvalue weighted by Gasteiger charge is -2.07. The number of nitrogens with one attached hydrogen (secondary N) is 1. The second kappa shape index (κ2) is 9.33. The maximum Gasteiger partial charge on any atom is 0.276 e. The van der Waals surface area contributed by atoms with Crippen LogP contribution in [-0.4, -0.2) is 14.6 Å². The van der Waals surface area contributed by atoms with Gasteiger partial charge in [0.2, 0.25) is 0 Å². The summed E-state index contributed by atoms with van der Waals surface area (Å²) in [5.74, 6) is 0.678. The van der Waals surface area contributed by atoms with Gasteiger partial charge in [0.15, 0.2) is 0 Å². The number of sulfonamides is 1. The Kier molecular flexibility index (Phi) is 6.15. The van der Waals surface area contributed by atoms with E-state index in [-0.39, 0.29) is 4.90 Å². The Balaban J connectivity index is 1.36. The zero-order chi connectivity index (χ0) is 22.4. The van der Waals surface area contributed by atoms with Crippen LogP contribution in [0.2, 0.25) is 0 Å². The Morgan fingerprint density at radius 3 is 2.34 bits per heavy atom. The summed E-state index contributed by atoms with van der Waals surface area (Å²) in [4.78, 5) is 2.41. The largest absolute Gasteiger partial charge is 0.489 e. The van der Waals surface area contributed by atoms with Gasteiger partial charge in [0.1, 0.15) is 12.4 Å². The second-order valence-electron chi connectivity index (χ2n) is 7.03. The fourth-order valence-corrected chi connectivity index (χ4v) is 3.88. The third-order valence-electron chi connectivity index (χ3n) is 4.79. The van der Waals surface area contributed by atoms with Gasteiger partial charge in [-0.3, -0.25) is 0 Å². The van der Waals surface area contributed by atoms with Gasteiger partial charge >= 0.3 is 0 Å². The number of benzene rings is 4. The molecular weight excluding hydrogens is 422 g/mol. The fourth-order valence-electron chi connectivity index (χ4n) is 3.05. The first kappa shape index (κ1) is 21.1. The summed E-state index contributed by atoms with van der Waals surface area (Å²) < 4.78 is 30.7. The Labute approximate surface area is 186 Å². The fraction of sp³-hybridized carbons (Fsp3) is 0.0400. The highest BCUT2D eigenvalue weighted by atomic mass is 32.2. The van der Waals surface area contributed by atoms with E-state index in [1.54, 1.807) is 42.5 Å². The van der Waals surface area contributed by atoms with Crippen molar-refractivity contribution in [3.63, 3.8) is 0 Å².